The molecule has 0 atom stereocenters. The number of carbonyl (C=O) groups excluding carboxylic acids is 1. The van der Waals surface area contributed by atoms with E-state index in [2.05, 4.69) is 10.2 Å². The summed E-state index contributed by atoms with van der Waals surface area (Å²) in [7, 11) is -3.46. The summed E-state index contributed by atoms with van der Waals surface area (Å²) < 4.78 is 30.6. The van der Waals surface area contributed by atoms with E-state index in [4.69, 9.17) is 4.42 Å². The summed E-state index contributed by atoms with van der Waals surface area (Å²) in [4.78, 5) is 14.2. The second kappa shape index (κ2) is 7.82. The lowest BCUT2D eigenvalue weighted by Crippen LogP contribution is -2.38. The van der Waals surface area contributed by atoms with E-state index in [9.17, 15) is 13.2 Å². The third-order valence-electron chi connectivity index (χ3n) is 4.35. The SMILES string of the molecule is CS(=O)(=O)N(CCNC(=O)c1ccco1)c1ccc(N2CCCC2)cc1. The van der Waals surface area contributed by atoms with Crippen LogP contribution in [-0.4, -0.2) is 46.8 Å². The van der Waals surface area contributed by atoms with Gasteiger partial charge < -0.3 is 14.6 Å². The zero-order valence-corrected chi connectivity index (χ0v) is 15.5. The molecule has 7 nitrogen and oxygen atoms in total. The Morgan fingerprint density at radius 3 is 2.46 bits per heavy atom. The quantitative estimate of drug-likeness (QED) is 0.799. The number of hydrogen-bond donors (Lipinski definition) is 1. The molecule has 1 saturated heterocycles. The first-order valence-corrected chi connectivity index (χ1v) is 10.4. The lowest BCUT2D eigenvalue weighted by Gasteiger charge is -2.24. The highest BCUT2D eigenvalue weighted by atomic mass is 32.2. The van der Waals surface area contributed by atoms with E-state index in [-0.39, 0.29) is 24.8 Å². The summed E-state index contributed by atoms with van der Waals surface area (Å²) in [5.74, 6) is -0.168. The molecular formula is C18H23N3O4S. The van der Waals surface area contributed by atoms with Gasteiger partial charge in [-0.15, -0.1) is 0 Å². The average Bonchev–Trinajstić information content (AvgIpc) is 3.31. The number of furan rings is 1. The number of hydrogen-bond acceptors (Lipinski definition) is 5. The van der Waals surface area contributed by atoms with Crippen molar-refractivity contribution in [2.24, 2.45) is 0 Å². The molecule has 0 saturated carbocycles. The van der Waals surface area contributed by atoms with E-state index >= 15 is 0 Å². The molecule has 1 aromatic carbocycles. The van der Waals surface area contributed by atoms with Crippen LogP contribution in [0.15, 0.2) is 47.1 Å². The van der Waals surface area contributed by atoms with E-state index in [1.54, 1.807) is 12.1 Å². The molecule has 8 heteroatoms. The Morgan fingerprint density at radius 2 is 1.88 bits per heavy atom. The number of benzene rings is 1. The third-order valence-corrected chi connectivity index (χ3v) is 5.55. The van der Waals surface area contributed by atoms with Crippen molar-refractivity contribution in [3.05, 3.63) is 48.4 Å². The minimum atomic E-state index is -3.46. The number of amides is 1. The zero-order chi connectivity index (χ0) is 18.6. The van der Waals surface area contributed by atoms with Crippen molar-refractivity contribution >= 4 is 27.3 Å². The molecule has 2 heterocycles. The highest BCUT2D eigenvalue weighted by Gasteiger charge is 2.19. The number of anilines is 2. The molecule has 3 rings (SSSR count). The van der Waals surface area contributed by atoms with Gasteiger partial charge in [0.25, 0.3) is 5.91 Å². The minimum Gasteiger partial charge on any atom is -0.459 e. The van der Waals surface area contributed by atoms with Crippen molar-refractivity contribution in [2.75, 3.05) is 41.6 Å². The first kappa shape index (κ1) is 18.3. The molecule has 0 bridgehead atoms. The van der Waals surface area contributed by atoms with Gasteiger partial charge in [0.15, 0.2) is 5.76 Å². The van der Waals surface area contributed by atoms with Crippen molar-refractivity contribution in [3.8, 4) is 0 Å². The molecule has 0 spiro atoms. The van der Waals surface area contributed by atoms with Gasteiger partial charge in [-0.2, -0.15) is 0 Å². The maximum atomic E-state index is 12.2. The van der Waals surface area contributed by atoms with Crippen molar-refractivity contribution in [3.63, 3.8) is 0 Å². The average molecular weight is 377 g/mol. The van der Waals surface area contributed by atoms with Crippen LogP contribution < -0.4 is 14.5 Å². The van der Waals surface area contributed by atoms with Gasteiger partial charge in [-0.25, -0.2) is 8.42 Å². The van der Waals surface area contributed by atoms with Gasteiger partial charge in [0.05, 0.1) is 24.8 Å². The van der Waals surface area contributed by atoms with Gasteiger partial charge >= 0.3 is 0 Å². The lowest BCUT2D eigenvalue weighted by atomic mass is 10.2. The monoisotopic (exact) mass is 377 g/mol. The van der Waals surface area contributed by atoms with E-state index in [0.29, 0.717) is 5.69 Å². The number of carbonyl (C=O) groups is 1. The number of sulfonamides is 1. The molecular weight excluding hydrogens is 354 g/mol. The van der Waals surface area contributed by atoms with Crippen LogP contribution in [0.2, 0.25) is 0 Å². The first-order valence-electron chi connectivity index (χ1n) is 8.59. The summed E-state index contributed by atoms with van der Waals surface area (Å²) in [6.45, 7) is 2.40. The van der Waals surface area contributed by atoms with Crippen LogP contribution in [0, 0.1) is 0 Å². The van der Waals surface area contributed by atoms with Crippen LogP contribution in [0.3, 0.4) is 0 Å². The second-order valence-corrected chi connectivity index (χ2v) is 8.19. The van der Waals surface area contributed by atoms with Crippen molar-refractivity contribution in [1.29, 1.82) is 0 Å². The highest BCUT2D eigenvalue weighted by Crippen LogP contribution is 2.24. The molecule has 2 aromatic rings. The molecule has 1 aliphatic rings. The molecule has 1 fully saturated rings. The van der Waals surface area contributed by atoms with E-state index < -0.39 is 10.0 Å². The second-order valence-electron chi connectivity index (χ2n) is 6.28. The standard InChI is InChI=1S/C18H23N3O4S/c1-26(23,24)21(13-10-19-18(22)17-5-4-14-25-17)16-8-6-15(7-9-16)20-11-2-3-12-20/h4-9,14H,2-3,10-13H2,1H3,(H,19,22). The summed E-state index contributed by atoms with van der Waals surface area (Å²) in [6.07, 6.45) is 4.95. The molecule has 0 aliphatic carbocycles. The topological polar surface area (TPSA) is 82.9 Å². The Bertz CT molecular complexity index is 826. The molecule has 140 valence electrons. The van der Waals surface area contributed by atoms with Gasteiger partial charge in [-0.05, 0) is 49.2 Å². The molecule has 1 aromatic heterocycles. The Balaban J connectivity index is 1.65. The zero-order valence-electron chi connectivity index (χ0n) is 14.7. The summed E-state index contributed by atoms with van der Waals surface area (Å²) in [6, 6.07) is 10.7. The Kier molecular flexibility index (Phi) is 5.51. The Hall–Kier alpha value is -2.48. The van der Waals surface area contributed by atoms with Gasteiger partial charge in [0, 0.05) is 25.3 Å². The molecule has 1 amide bonds. The fourth-order valence-corrected chi connectivity index (χ4v) is 3.98. The molecule has 0 radical (unpaired) electrons. The van der Waals surface area contributed by atoms with Gasteiger partial charge in [0.1, 0.15) is 0 Å². The molecule has 0 unspecified atom stereocenters. The van der Waals surface area contributed by atoms with Gasteiger partial charge in [-0.3, -0.25) is 9.10 Å². The van der Waals surface area contributed by atoms with Crippen LogP contribution in [0.5, 0.6) is 0 Å². The first-order chi connectivity index (χ1) is 12.4. The lowest BCUT2D eigenvalue weighted by molar-refractivity contribution is 0.0927. The van der Waals surface area contributed by atoms with Crippen LogP contribution in [0.1, 0.15) is 23.4 Å². The largest absolute Gasteiger partial charge is 0.459 e. The van der Waals surface area contributed by atoms with E-state index in [0.717, 1.165) is 25.0 Å². The fraction of sp³-hybridized carbons (Fsp3) is 0.389. The summed E-state index contributed by atoms with van der Waals surface area (Å²) in [5, 5.41) is 2.67. The number of nitrogens with zero attached hydrogens (tertiary/aromatic N) is 2. The summed E-state index contributed by atoms with van der Waals surface area (Å²) in [5.41, 5.74) is 1.69. The Labute approximate surface area is 153 Å². The minimum absolute atomic E-state index is 0.147. The smallest absolute Gasteiger partial charge is 0.287 e. The summed E-state index contributed by atoms with van der Waals surface area (Å²) >= 11 is 0. The van der Waals surface area contributed by atoms with Gasteiger partial charge in [0.2, 0.25) is 10.0 Å². The molecule has 1 aliphatic heterocycles. The van der Waals surface area contributed by atoms with Crippen LogP contribution in [0.25, 0.3) is 0 Å². The maximum Gasteiger partial charge on any atom is 0.287 e. The third kappa shape index (κ3) is 4.37. The molecule has 26 heavy (non-hydrogen) atoms. The van der Waals surface area contributed by atoms with Crippen molar-refractivity contribution < 1.29 is 17.6 Å². The normalized spacial score (nSPS) is 14.4. The van der Waals surface area contributed by atoms with Crippen LogP contribution in [0.4, 0.5) is 11.4 Å². The number of nitrogens with one attached hydrogen (secondary N) is 1. The number of rotatable bonds is 7. The predicted molar refractivity (Wildman–Crippen MR) is 101 cm³/mol. The fourth-order valence-electron chi connectivity index (χ4n) is 3.06. The maximum absolute atomic E-state index is 12.2. The Morgan fingerprint density at radius 1 is 1.19 bits per heavy atom. The van der Waals surface area contributed by atoms with Crippen LogP contribution in [-0.2, 0) is 10.0 Å². The highest BCUT2D eigenvalue weighted by molar-refractivity contribution is 7.92. The van der Waals surface area contributed by atoms with Gasteiger partial charge in [-0.1, -0.05) is 0 Å². The van der Waals surface area contributed by atoms with E-state index in [1.165, 1.54) is 23.4 Å². The van der Waals surface area contributed by atoms with Crippen molar-refractivity contribution in [1.82, 2.24) is 5.32 Å². The van der Waals surface area contributed by atoms with E-state index in [1.807, 2.05) is 24.3 Å². The molecule has 1 N–H and O–H groups in total. The van der Waals surface area contributed by atoms with Crippen LogP contribution >= 0.6 is 0 Å². The van der Waals surface area contributed by atoms with Crippen molar-refractivity contribution in [2.45, 2.75) is 12.8 Å². The predicted octanol–water partition coefficient (Wildman–Crippen LogP) is 2.08.